The highest BCUT2D eigenvalue weighted by Gasteiger charge is 2.14. The first kappa shape index (κ1) is 14.8. The molecule has 0 spiro atoms. The quantitative estimate of drug-likeness (QED) is 0.791. The molecule has 0 radical (unpaired) electrons. The molecular weight excluding hydrogens is 270 g/mol. The summed E-state index contributed by atoms with van der Waals surface area (Å²) < 4.78 is 15.5. The Morgan fingerprint density at radius 1 is 1.00 bits per heavy atom. The zero-order valence-corrected chi connectivity index (χ0v) is 12.5. The molecule has 1 aromatic heterocycles. The third-order valence-electron chi connectivity index (χ3n) is 2.77. The molecular formula is C15H17N3O3. The lowest BCUT2D eigenvalue weighted by atomic mass is 10.2. The number of hydrogen-bond acceptors (Lipinski definition) is 6. The smallest absolute Gasteiger partial charge is 0.322 e. The van der Waals surface area contributed by atoms with Gasteiger partial charge in [0.15, 0.2) is 0 Å². The van der Waals surface area contributed by atoms with Crippen molar-refractivity contribution in [1.82, 2.24) is 9.97 Å². The van der Waals surface area contributed by atoms with Crippen molar-refractivity contribution >= 4 is 11.9 Å². The molecule has 6 nitrogen and oxygen atoms in total. The summed E-state index contributed by atoms with van der Waals surface area (Å²) in [6.07, 6.45) is 1.62. The van der Waals surface area contributed by atoms with Crippen molar-refractivity contribution in [1.29, 1.82) is 0 Å². The van der Waals surface area contributed by atoms with Crippen LogP contribution in [0, 0.1) is 6.92 Å². The number of aromatic nitrogens is 2. The molecule has 1 aromatic carbocycles. The zero-order valence-electron chi connectivity index (χ0n) is 12.5. The van der Waals surface area contributed by atoms with E-state index in [0.29, 0.717) is 17.3 Å². The third kappa shape index (κ3) is 3.47. The van der Waals surface area contributed by atoms with E-state index in [4.69, 9.17) is 14.2 Å². The van der Waals surface area contributed by atoms with Gasteiger partial charge in [-0.1, -0.05) is 12.1 Å². The first-order valence-electron chi connectivity index (χ1n) is 6.32. The number of ether oxygens (including phenoxy) is 3. The van der Waals surface area contributed by atoms with Crippen LogP contribution in [-0.4, -0.2) is 37.5 Å². The van der Waals surface area contributed by atoms with Gasteiger partial charge in [0.05, 0.1) is 27.0 Å². The van der Waals surface area contributed by atoms with E-state index in [2.05, 4.69) is 15.0 Å². The topological polar surface area (TPSA) is 65.8 Å². The second-order valence-electron chi connectivity index (χ2n) is 4.24. The fourth-order valence-corrected chi connectivity index (χ4v) is 1.77. The second kappa shape index (κ2) is 6.69. The Labute approximate surface area is 123 Å². The van der Waals surface area contributed by atoms with Crippen LogP contribution in [0.3, 0.4) is 0 Å². The number of hydrogen-bond donors (Lipinski definition) is 0. The minimum Gasteiger partial charge on any atom is -0.480 e. The molecule has 2 rings (SSSR count). The van der Waals surface area contributed by atoms with Crippen molar-refractivity contribution in [2.75, 3.05) is 21.3 Å². The highest BCUT2D eigenvalue weighted by Crippen LogP contribution is 2.26. The molecule has 0 amide bonds. The van der Waals surface area contributed by atoms with E-state index in [1.165, 1.54) is 21.3 Å². The van der Waals surface area contributed by atoms with Crippen LogP contribution in [0.15, 0.2) is 29.3 Å². The van der Waals surface area contributed by atoms with Crippen LogP contribution in [0.25, 0.3) is 0 Å². The van der Waals surface area contributed by atoms with Gasteiger partial charge in [0.1, 0.15) is 5.56 Å². The Kier molecular flexibility index (Phi) is 4.71. The molecule has 0 atom stereocenters. The SMILES string of the molecule is COc1nc(OC)c(C=Nc2cccc(C)c2)c(OC)n1. The summed E-state index contributed by atoms with van der Waals surface area (Å²) in [4.78, 5) is 12.6. The van der Waals surface area contributed by atoms with Gasteiger partial charge in [-0.15, -0.1) is 0 Å². The lowest BCUT2D eigenvalue weighted by molar-refractivity contribution is 0.328. The second-order valence-corrected chi connectivity index (χ2v) is 4.24. The Morgan fingerprint density at radius 3 is 2.19 bits per heavy atom. The molecule has 21 heavy (non-hydrogen) atoms. The van der Waals surface area contributed by atoms with Gasteiger partial charge in [-0.25, -0.2) is 0 Å². The Hall–Kier alpha value is -2.63. The van der Waals surface area contributed by atoms with Crippen LogP contribution in [0.1, 0.15) is 11.1 Å². The Bertz CT molecular complexity index is 631. The molecule has 2 aromatic rings. The minimum atomic E-state index is 0.177. The van der Waals surface area contributed by atoms with Gasteiger partial charge in [0.2, 0.25) is 11.8 Å². The lowest BCUT2D eigenvalue weighted by Gasteiger charge is -2.09. The van der Waals surface area contributed by atoms with Crippen molar-refractivity contribution < 1.29 is 14.2 Å². The van der Waals surface area contributed by atoms with E-state index < -0.39 is 0 Å². The standard InChI is InChI=1S/C15H17N3O3/c1-10-6-5-7-11(8-10)16-9-12-13(19-2)17-15(21-4)18-14(12)20-3/h5-9H,1-4H3. The van der Waals surface area contributed by atoms with Gasteiger partial charge in [-0.3, -0.25) is 4.99 Å². The van der Waals surface area contributed by atoms with E-state index in [1.54, 1.807) is 6.21 Å². The molecule has 0 aliphatic carbocycles. The van der Waals surface area contributed by atoms with E-state index in [-0.39, 0.29) is 6.01 Å². The fraction of sp³-hybridized carbons (Fsp3) is 0.267. The zero-order chi connectivity index (χ0) is 15.2. The summed E-state index contributed by atoms with van der Waals surface area (Å²) >= 11 is 0. The van der Waals surface area contributed by atoms with Crippen LogP contribution in [0.4, 0.5) is 5.69 Å². The Morgan fingerprint density at radius 2 is 1.67 bits per heavy atom. The maximum absolute atomic E-state index is 5.24. The highest BCUT2D eigenvalue weighted by atomic mass is 16.5. The largest absolute Gasteiger partial charge is 0.480 e. The van der Waals surface area contributed by atoms with Gasteiger partial charge in [0.25, 0.3) is 0 Å². The van der Waals surface area contributed by atoms with Crippen LogP contribution < -0.4 is 14.2 Å². The maximum atomic E-state index is 5.24. The van der Waals surface area contributed by atoms with E-state index in [1.807, 2.05) is 31.2 Å². The third-order valence-corrected chi connectivity index (χ3v) is 2.77. The van der Waals surface area contributed by atoms with Crippen molar-refractivity contribution in [3.63, 3.8) is 0 Å². The average molecular weight is 287 g/mol. The van der Waals surface area contributed by atoms with Gasteiger partial charge in [0, 0.05) is 6.21 Å². The molecule has 0 aliphatic rings. The minimum absolute atomic E-state index is 0.177. The summed E-state index contributed by atoms with van der Waals surface area (Å²) in [6, 6.07) is 8.01. The molecule has 0 aliphatic heterocycles. The van der Waals surface area contributed by atoms with E-state index in [0.717, 1.165) is 11.3 Å². The summed E-state index contributed by atoms with van der Waals surface area (Å²) in [7, 11) is 4.52. The van der Waals surface area contributed by atoms with Crippen LogP contribution >= 0.6 is 0 Å². The molecule has 0 unspecified atom stereocenters. The summed E-state index contributed by atoms with van der Waals surface area (Å²) in [5, 5.41) is 0. The van der Waals surface area contributed by atoms with Crippen molar-refractivity contribution in [3.05, 3.63) is 35.4 Å². The number of methoxy groups -OCH3 is 3. The molecule has 0 fully saturated rings. The first-order valence-corrected chi connectivity index (χ1v) is 6.32. The number of nitrogens with zero attached hydrogens (tertiary/aromatic N) is 3. The summed E-state index contributed by atoms with van der Waals surface area (Å²) in [5.41, 5.74) is 2.52. The first-order chi connectivity index (χ1) is 10.2. The highest BCUT2D eigenvalue weighted by molar-refractivity contribution is 5.87. The number of aliphatic imine (C=N–C) groups is 1. The van der Waals surface area contributed by atoms with Crippen LogP contribution in [0.2, 0.25) is 0 Å². The predicted octanol–water partition coefficient (Wildman–Crippen LogP) is 2.56. The summed E-state index contributed by atoms with van der Waals surface area (Å²) in [6.45, 7) is 2.01. The summed E-state index contributed by atoms with van der Waals surface area (Å²) in [5.74, 6) is 0.685. The molecule has 0 N–H and O–H groups in total. The molecule has 0 saturated heterocycles. The van der Waals surface area contributed by atoms with Gasteiger partial charge < -0.3 is 14.2 Å². The lowest BCUT2D eigenvalue weighted by Crippen LogP contribution is -2.03. The monoisotopic (exact) mass is 287 g/mol. The normalized spacial score (nSPS) is 10.7. The van der Waals surface area contributed by atoms with E-state index in [9.17, 15) is 0 Å². The molecule has 110 valence electrons. The number of benzene rings is 1. The molecule has 1 heterocycles. The van der Waals surface area contributed by atoms with Crippen LogP contribution in [-0.2, 0) is 0 Å². The average Bonchev–Trinajstić information content (AvgIpc) is 2.52. The van der Waals surface area contributed by atoms with Crippen LogP contribution in [0.5, 0.6) is 17.8 Å². The Balaban J connectivity index is 2.42. The number of aryl methyl sites for hydroxylation is 1. The van der Waals surface area contributed by atoms with E-state index >= 15 is 0 Å². The molecule has 0 bridgehead atoms. The van der Waals surface area contributed by atoms with Gasteiger partial charge in [-0.2, -0.15) is 9.97 Å². The van der Waals surface area contributed by atoms with Gasteiger partial charge in [-0.05, 0) is 24.6 Å². The fourth-order valence-electron chi connectivity index (χ4n) is 1.77. The van der Waals surface area contributed by atoms with Crippen molar-refractivity contribution in [3.8, 4) is 17.8 Å². The maximum Gasteiger partial charge on any atom is 0.322 e. The van der Waals surface area contributed by atoms with Gasteiger partial charge >= 0.3 is 6.01 Å². The predicted molar refractivity (Wildman–Crippen MR) is 80.1 cm³/mol. The van der Waals surface area contributed by atoms with Crippen molar-refractivity contribution in [2.24, 2.45) is 4.99 Å². The molecule has 6 heteroatoms. The molecule has 0 saturated carbocycles. The van der Waals surface area contributed by atoms with Crippen molar-refractivity contribution in [2.45, 2.75) is 6.92 Å². The number of rotatable bonds is 5.